The summed E-state index contributed by atoms with van der Waals surface area (Å²) in [7, 11) is 0. The van der Waals surface area contributed by atoms with Gasteiger partial charge in [-0.05, 0) is 48.7 Å². The number of fused-ring (bicyclic) bond motifs is 3. The fourth-order valence-electron chi connectivity index (χ4n) is 3.34. The minimum Gasteiger partial charge on any atom is -0.353 e. The van der Waals surface area contributed by atoms with Crippen molar-refractivity contribution in [1.82, 2.24) is 9.97 Å². The van der Waals surface area contributed by atoms with E-state index in [1.54, 1.807) is 6.08 Å². The molecule has 0 fully saturated rings. The Bertz CT molecular complexity index is 1140. The average molecular weight is 369 g/mol. The lowest BCUT2D eigenvalue weighted by atomic mass is 10.1. The van der Waals surface area contributed by atoms with Gasteiger partial charge in [-0.2, -0.15) is 0 Å². The molecule has 140 valence electrons. The average Bonchev–Trinajstić information content (AvgIpc) is 3.10. The minimum absolute atomic E-state index is 0.165. The van der Waals surface area contributed by atoms with Gasteiger partial charge >= 0.3 is 0 Å². The van der Waals surface area contributed by atoms with Crippen LogP contribution in [0.3, 0.4) is 0 Å². The number of para-hydroxylation sites is 1. The summed E-state index contributed by atoms with van der Waals surface area (Å²) in [6.07, 6.45) is 8.51. The lowest BCUT2D eigenvalue weighted by molar-refractivity contribution is -0.111. The van der Waals surface area contributed by atoms with E-state index in [0.29, 0.717) is 0 Å². The molecule has 0 unspecified atom stereocenters. The molecule has 2 aromatic carbocycles. The fraction of sp³-hybridized carbons (Fsp3) is 0.167. The molecule has 1 amide bonds. The number of pyridine rings is 1. The molecule has 0 atom stereocenters. The van der Waals surface area contributed by atoms with Gasteiger partial charge in [-0.3, -0.25) is 9.78 Å². The predicted molar refractivity (Wildman–Crippen MR) is 116 cm³/mol. The molecule has 0 saturated carbocycles. The van der Waals surface area contributed by atoms with E-state index in [1.807, 2.05) is 42.6 Å². The molecule has 0 aliphatic heterocycles. The number of hydrogen-bond acceptors (Lipinski definition) is 2. The van der Waals surface area contributed by atoms with Gasteiger partial charge in [0.15, 0.2) is 0 Å². The summed E-state index contributed by atoms with van der Waals surface area (Å²) in [6.45, 7) is 2.19. The highest BCUT2D eigenvalue weighted by Crippen LogP contribution is 2.25. The maximum Gasteiger partial charge on any atom is 0.248 e. The van der Waals surface area contributed by atoms with Crippen LogP contribution in [-0.4, -0.2) is 15.9 Å². The first-order valence-electron chi connectivity index (χ1n) is 9.67. The number of nitrogens with zero attached hydrogens (tertiary/aromatic N) is 1. The zero-order valence-corrected chi connectivity index (χ0v) is 15.9. The minimum atomic E-state index is -0.165. The molecule has 0 bridgehead atoms. The standard InChI is InChI=1S/C24H23N3O/c1-2-3-6-17-9-11-18(12-10-17)26-24(28)14-13-19-15-21-20-7-4-5-8-22(20)27-23(21)16-25-19/h4-5,7-16,27H,2-3,6H2,1H3,(H,26,28)/b14-13+. The fourth-order valence-corrected chi connectivity index (χ4v) is 3.34. The van der Waals surface area contributed by atoms with Crippen LogP contribution in [0.2, 0.25) is 0 Å². The second-order valence-corrected chi connectivity index (χ2v) is 6.95. The summed E-state index contributed by atoms with van der Waals surface area (Å²) in [4.78, 5) is 20.0. The number of rotatable bonds is 6. The van der Waals surface area contributed by atoms with Crippen molar-refractivity contribution in [2.45, 2.75) is 26.2 Å². The Morgan fingerprint density at radius 1 is 1.07 bits per heavy atom. The summed E-state index contributed by atoms with van der Waals surface area (Å²) >= 11 is 0. The van der Waals surface area contributed by atoms with Crippen LogP contribution in [0.15, 0.2) is 66.9 Å². The second kappa shape index (κ2) is 8.09. The van der Waals surface area contributed by atoms with Crippen molar-refractivity contribution >= 4 is 39.5 Å². The summed E-state index contributed by atoms with van der Waals surface area (Å²) in [5, 5.41) is 5.16. The molecule has 0 spiro atoms. The van der Waals surface area contributed by atoms with Crippen LogP contribution >= 0.6 is 0 Å². The highest BCUT2D eigenvalue weighted by Gasteiger charge is 2.05. The molecule has 2 N–H and O–H groups in total. The Balaban J connectivity index is 1.46. The number of benzene rings is 2. The van der Waals surface area contributed by atoms with Crippen molar-refractivity contribution < 1.29 is 4.79 Å². The van der Waals surface area contributed by atoms with Crippen molar-refractivity contribution in [3.05, 3.63) is 78.1 Å². The van der Waals surface area contributed by atoms with Crippen LogP contribution in [0.5, 0.6) is 0 Å². The van der Waals surface area contributed by atoms with E-state index < -0.39 is 0 Å². The molecule has 0 saturated heterocycles. The molecule has 4 nitrogen and oxygen atoms in total. The Morgan fingerprint density at radius 2 is 1.89 bits per heavy atom. The van der Waals surface area contributed by atoms with Crippen molar-refractivity contribution in [2.24, 2.45) is 0 Å². The van der Waals surface area contributed by atoms with Gasteiger partial charge in [0.05, 0.1) is 17.4 Å². The topological polar surface area (TPSA) is 57.8 Å². The highest BCUT2D eigenvalue weighted by molar-refractivity contribution is 6.07. The van der Waals surface area contributed by atoms with Crippen LogP contribution in [0.25, 0.3) is 27.9 Å². The monoisotopic (exact) mass is 369 g/mol. The predicted octanol–water partition coefficient (Wildman–Crippen LogP) is 5.71. The third-order valence-electron chi connectivity index (χ3n) is 4.86. The van der Waals surface area contributed by atoms with Crippen molar-refractivity contribution in [3.8, 4) is 0 Å². The zero-order valence-electron chi connectivity index (χ0n) is 15.9. The van der Waals surface area contributed by atoms with Gasteiger partial charge in [0, 0.05) is 28.1 Å². The maximum absolute atomic E-state index is 12.2. The number of nitrogens with one attached hydrogen (secondary N) is 2. The van der Waals surface area contributed by atoms with E-state index in [9.17, 15) is 4.79 Å². The second-order valence-electron chi connectivity index (χ2n) is 6.95. The zero-order chi connectivity index (χ0) is 19.3. The number of carbonyl (C=O) groups excluding carboxylic acids is 1. The summed E-state index contributed by atoms with van der Waals surface area (Å²) in [6, 6.07) is 18.2. The van der Waals surface area contributed by atoms with Gasteiger partial charge in [-0.15, -0.1) is 0 Å². The molecule has 2 heterocycles. The van der Waals surface area contributed by atoms with E-state index in [0.717, 1.165) is 39.6 Å². The van der Waals surface area contributed by atoms with Gasteiger partial charge in [-0.1, -0.05) is 43.7 Å². The van der Waals surface area contributed by atoms with Crippen LogP contribution in [-0.2, 0) is 11.2 Å². The van der Waals surface area contributed by atoms with E-state index in [-0.39, 0.29) is 5.91 Å². The largest absolute Gasteiger partial charge is 0.353 e. The SMILES string of the molecule is CCCCc1ccc(NC(=O)/C=C/c2cc3c(cn2)[nH]c2ccccc23)cc1. The van der Waals surface area contributed by atoms with Gasteiger partial charge in [-0.25, -0.2) is 0 Å². The number of anilines is 1. The first-order valence-corrected chi connectivity index (χ1v) is 9.67. The number of aromatic amines is 1. The van der Waals surface area contributed by atoms with Crippen LogP contribution in [0, 0.1) is 0 Å². The summed E-state index contributed by atoms with van der Waals surface area (Å²) < 4.78 is 0. The number of carbonyl (C=O) groups is 1. The molecule has 2 aromatic heterocycles. The molecule has 4 rings (SSSR count). The Kier molecular flexibility index (Phi) is 5.20. The van der Waals surface area contributed by atoms with E-state index >= 15 is 0 Å². The molecule has 0 aliphatic rings. The normalized spacial score (nSPS) is 11.5. The van der Waals surface area contributed by atoms with Gasteiger partial charge < -0.3 is 10.3 Å². The Hall–Kier alpha value is -3.40. The van der Waals surface area contributed by atoms with E-state index in [1.165, 1.54) is 24.5 Å². The molecule has 4 aromatic rings. The molecular formula is C24H23N3O. The lowest BCUT2D eigenvalue weighted by Crippen LogP contribution is -2.07. The van der Waals surface area contributed by atoms with Crippen LogP contribution in [0.1, 0.15) is 31.0 Å². The molecule has 4 heteroatoms. The first-order chi connectivity index (χ1) is 13.7. The van der Waals surface area contributed by atoms with Gasteiger partial charge in [0.2, 0.25) is 5.91 Å². The third kappa shape index (κ3) is 3.96. The van der Waals surface area contributed by atoms with E-state index in [4.69, 9.17) is 0 Å². The molecule has 0 radical (unpaired) electrons. The van der Waals surface area contributed by atoms with Crippen molar-refractivity contribution in [1.29, 1.82) is 0 Å². The summed E-state index contributed by atoms with van der Waals surface area (Å²) in [5.74, 6) is -0.165. The molecular weight excluding hydrogens is 346 g/mol. The number of aryl methyl sites for hydroxylation is 1. The smallest absolute Gasteiger partial charge is 0.248 e. The number of H-pyrrole nitrogens is 1. The summed E-state index contributed by atoms with van der Waals surface area (Å²) in [5.41, 5.74) is 4.93. The number of amides is 1. The lowest BCUT2D eigenvalue weighted by Gasteiger charge is -2.04. The third-order valence-corrected chi connectivity index (χ3v) is 4.86. The number of unbranched alkanes of at least 4 members (excludes halogenated alkanes) is 1. The number of aromatic nitrogens is 2. The van der Waals surface area contributed by atoms with Crippen molar-refractivity contribution in [3.63, 3.8) is 0 Å². The molecule has 28 heavy (non-hydrogen) atoms. The van der Waals surface area contributed by atoms with Crippen molar-refractivity contribution in [2.75, 3.05) is 5.32 Å². The van der Waals surface area contributed by atoms with Gasteiger partial charge in [0.25, 0.3) is 0 Å². The van der Waals surface area contributed by atoms with Crippen LogP contribution < -0.4 is 5.32 Å². The van der Waals surface area contributed by atoms with Crippen LogP contribution in [0.4, 0.5) is 5.69 Å². The van der Waals surface area contributed by atoms with E-state index in [2.05, 4.69) is 40.4 Å². The van der Waals surface area contributed by atoms with Gasteiger partial charge in [0.1, 0.15) is 0 Å². The first kappa shape index (κ1) is 18.0. The maximum atomic E-state index is 12.2. The Morgan fingerprint density at radius 3 is 2.71 bits per heavy atom. The number of hydrogen-bond donors (Lipinski definition) is 2. The molecule has 0 aliphatic carbocycles. The Labute approximate surface area is 164 Å². The highest BCUT2D eigenvalue weighted by atomic mass is 16.1. The quantitative estimate of drug-likeness (QED) is 0.428.